The minimum atomic E-state index is 0.361. The Balaban J connectivity index is 0.000000198. The van der Waals surface area contributed by atoms with Gasteiger partial charge in [-0.1, -0.05) is 188 Å². The molecule has 10 rings (SSSR count). The van der Waals surface area contributed by atoms with Crippen molar-refractivity contribution in [3.63, 3.8) is 0 Å². The van der Waals surface area contributed by atoms with Gasteiger partial charge < -0.3 is 29.4 Å². The maximum absolute atomic E-state index is 2.58. The van der Waals surface area contributed by atoms with E-state index in [2.05, 4.69) is 346 Å². The van der Waals surface area contributed by atoms with Crippen LogP contribution in [0.5, 0.6) is 0 Å². The smallest absolute Gasteiger partial charge is 0.0982 e. The predicted octanol–water partition coefficient (Wildman–Crippen LogP) is 15.4. The highest BCUT2D eigenvalue weighted by Gasteiger charge is 2.43. The summed E-state index contributed by atoms with van der Waals surface area (Å²) in [5.41, 5.74) is 11.1. The van der Waals surface area contributed by atoms with Crippen LogP contribution in [0.1, 0.15) is 181 Å². The molecule has 4 aromatic carbocycles. The van der Waals surface area contributed by atoms with Gasteiger partial charge in [0.05, 0.1) is 60.5 Å². The normalized spacial score (nSPS) is 23.5. The number of rotatable bonds is 16. The van der Waals surface area contributed by atoms with Gasteiger partial charge in [0.1, 0.15) is 0 Å². The Bertz CT molecular complexity index is 2480. The fourth-order valence-corrected chi connectivity index (χ4v) is 13.4. The minimum Gasteiger partial charge on any atom is -0.359 e. The molecule has 0 aliphatic carbocycles. The van der Waals surface area contributed by atoms with Gasteiger partial charge in [-0.15, -0.1) is 0 Å². The third-order valence-electron chi connectivity index (χ3n) is 20.8. The van der Waals surface area contributed by atoms with Crippen molar-refractivity contribution >= 4 is 11.4 Å². The van der Waals surface area contributed by atoms with E-state index in [0.717, 1.165) is 12.1 Å². The second-order valence-corrected chi connectivity index (χ2v) is 26.1. The first-order chi connectivity index (χ1) is 42.1. The summed E-state index contributed by atoms with van der Waals surface area (Å²) in [5, 5.41) is 0. The Morgan fingerprint density at radius 2 is 0.636 bits per heavy atom. The highest BCUT2D eigenvalue weighted by molar-refractivity contribution is 5.91. The second-order valence-electron chi connectivity index (χ2n) is 26.1. The number of allylic oxidation sites excluding steroid dienone is 2. The van der Waals surface area contributed by atoms with Gasteiger partial charge in [-0.25, -0.2) is 0 Å². The van der Waals surface area contributed by atoms with Gasteiger partial charge in [0.15, 0.2) is 0 Å². The van der Waals surface area contributed by atoms with Crippen molar-refractivity contribution in [3.8, 4) is 0 Å². The highest BCUT2D eigenvalue weighted by Crippen LogP contribution is 2.45. The van der Waals surface area contributed by atoms with E-state index >= 15 is 0 Å². The molecule has 0 amide bonds. The molecule has 12 heteroatoms. The van der Waals surface area contributed by atoms with Crippen molar-refractivity contribution in [3.05, 3.63) is 167 Å². The number of likely N-dealkylation sites (N-methyl/N-ethyl adjacent to an activating group) is 6. The number of unbranched alkanes of at least 4 members (excludes halogenated alkanes) is 4. The maximum Gasteiger partial charge on any atom is 0.0982 e. The molecule has 12 nitrogen and oxygen atoms in total. The lowest BCUT2D eigenvalue weighted by atomic mass is 9.93. The molecule has 3 saturated heterocycles. The molecule has 3 fully saturated rings. The Morgan fingerprint density at radius 1 is 0.330 bits per heavy atom. The quantitative estimate of drug-likeness (QED) is 0.107. The minimum absolute atomic E-state index is 0.361. The Kier molecular flexibility index (Phi) is 30.4. The number of hydrogen-bond donors (Lipinski definition) is 0. The largest absolute Gasteiger partial charge is 0.359 e. The van der Waals surface area contributed by atoms with E-state index in [0.29, 0.717) is 49.1 Å². The van der Waals surface area contributed by atoms with Gasteiger partial charge in [0.2, 0.25) is 0 Å². The summed E-state index contributed by atoms with van der Waals surface area (Å²) >= 11 is 0. The van der Waals surface area contributed by atoms with E-state index in [1.165, 1.54) is 124 Å². The van der Waals surface area contributed by atoms with Crippen molar-refractivity contribution in [2.45, 2.75) is 207 Å². The summed E-state index contributed by atoms with van der Waals surface area (Å²) in [5.74, 6) is 0. The average Bonchev–Trinajstić information content (AvgIpc) is 2.42. The van der Waals surface area contributed by atoms with Crippen LogP contribution < -0.4 is 0 Å². The van der Waals surface area contributed by atoms with Crippen molar-refractivity contribution in [1.29, 1.82) is 0 Å². The van der Waals surface area contributed by atoms with E-state index in [1.807, 2.05) is 0 Å². The fraction of sp³-hybridized carbons (Fsp3) is 0.605. The van der Waals surface area contributed by atoms with Crippen LogP contribution in [0.15, 0.2) is 145 Å². The lowest BCUT2D eigenvalue weighted by Gasteiger charge is -2.26. The first-order valence-electron chi connectivity index (χ1n) is 34.1. The molecule has 6 heterocycles. The maximum atomic E-state index is 2.58. The average molecular weight is 1210 g/mol. The summed E-state index contributed by atoms with van der Waals surface area (Å²) in [6, 6.07) is 45.3. The zero-order valence-corrected chi connectivity index (χ0v) is 59.7. The molecule has 4 aromatic rings. The molecule has 88 heavy (non-hydrogen) atoms. The molecule has 0 saturated carbocycles. The first kappa shape index (κ1) is 73.4. The van der Waals surface area contributed by atoms with Crippen molar-refractivity contribution < 1.29 is 0 Å². The molecule has 0 bridgehead atoms. The number of benzene rings is 4. The SMILES string of the molecule is CC1N(C)C(c2ccccc2)=C(c2ccccc2)N1C.CC1N(C)C(c2ccccc2)C(c2ccccc2)N1C.CC1N(C)C=CN1C.CC1N(C)CCN1C.CCCCC1=C(CCCC)N(C)C(C)N1C.CCCCC1C(CCCC)N(C)C(C)N1C. The molecule has 0 spiro atoms. The topological polar surface area (TPSA) is 38.9 Å². The molecule has 0 N–H and O–H groups in total. The highest BCUT2D eigenvalue weighted by atomic mass is 15.4. The lowest BCUT2D eigenvalue weighted by molar-refractivity contribution is 0.177. The fourth-order valence-electron chi connectivity index (χ4n) is 13.4. The van der Waals surface area contributed by atoms with E-state index in [-0.39, 0.29) is 0 Å². The summed E-state index contributed by atoms with van der Waals surface area (Å²) in [6.07, 6.45) is 23.1. The molecular weight excluding hydrogens is 1080 g/mol. The van der Waals surface area contributed by atoms with Crippen LogP contribution in [-0.2, 0) is 0 Å². The van der Waals surface area contributed by atoms with Crippen LogP contribution in [0, 0.1) is 0 Å². The van der Waals surface area contributed by atoms with Crippen LogP contribution >= 0.6 is 0 Å². The molecule has 4 unspecified atom stereocenters. The molecule has 6 aliphatic heterocycles. The zero-order chi connectivity index (χ0) is 64.8. The van der Waals surface area contributed by atoms with E-state index in [4.69, 9.17) is 0 Å². The van der Waals surface area contributed by atoms with Crippen LogP contribution in [0.25, 0.3) is 11.4 Å². The number of nitrogens with zero attached hydrogens (tertiary/aromatic N) is 12. The van der Waals surface area contributed by atoms with Crippen molar-refractivity contribution in [2.24, 2.45) is 0 Å². The second kappa shape index (κ2) is 36.5. The van der Waals surface area contributed by atoms with Crippen LogP contribution in [0.4, 0.5) is 0 Å². The first-order valence-corrected chi connectivity index (χ1v) is 34.1. The van der Waals surface area contributed by atoms with Crippen LogP contribution in [0.2, 0.25) is 0 Å². The molecular formula is C76H126N12. The van der Waals surface area contributed by atoms with Gasteiger partial charge in [0, 0.05) is 91.3 Å². The van der Waals surface area contributed by atoms with E-state index < -0.39 is 0 Å². The van der Waals surface area contributed by atoms with Crippen LogP contribution in [0.3, 0.4) is 0 Å². The standard InChI is InChI=1S/C18H22N2.C18H20N2.C14H30N2.C14H28N2.C6H14N2.C6H12N2/c2*1-14-19(2)17(15-10-6-4-7-11-15)18(20(14)3)16-12-8-5-9-13-16;2*1-6-8-10-13-14(11-9-7-2)16(5)12(3)15(13)4;2*1-6-7(2)4-5-8(6)3/h4-14,17-18H,1-3H3;4-14H,1-3H3;12-14H,6-11H2,1-5H3;12H,6-11H2,1-5H3;6H,4-5H2,1-3H3;4-6H,1-3H3. The summed E-state index contributed by atoms with van der Waals surface area (Å²) in [4.78, 5) is 28.7. The third-order valence-corrected chi connectivity index (χ3v) is 20.8. The van der Waals surface area contributed by atoms with Gasteiger partial charge in [0.25, 0.3) is 0 Å². The summed E-state index contributed by atoms with van der Waals surface area (Å²) in [6.45, 7) is 25.1. The number of hydrogen-bond acceptors (Lipinski definition) is 12. The van der Waals surface area contributed by atoms with Gasteiger partial charge in [-0.2, -0.15) is 0 Å². The Morgan fingerprint density at radius 3 is 0.920 bits per heavy atom. The zero-order valence-electron chi connectivity index (χ0n) is 59.7. The molecule has 490 valence electrons. The molecule has 4 atom stereocenters. The van der Waals surface area contributed by atoms with Crippen LogP contribution in [-0.4, -0.2) is 206 Å². The van der Waals surface area contributed by atoms with Crippen molar-refractivity contribution in [2.75, 3.05) is 97.7 Å². The van der Waals surface area contributed by atoms with E-state index in [9.17, 15) is 0 Å². The van der Waals surface area contributed by atoms with Gasteiger partial charge >= 0.3 is 0 Å². The molecule has 6 aliphatic rings. The Labute approximate surface area is 540 Å². The summed E-state index contributed by atoms with van der Waals surface area (Å²) < 4.78 is 0. The van der Waals surface area contributed by atoms with Crippen molar-refractivity contribution in [1.82, 2.24) is 58.8 Å². The van der Waals surface area contributed by atoms with E-state index in [1.54, 1.807) is 11.4 Å². The molecule has 0 aromatic heterocycles. The Hall–Kier alpha value is -5.34. The predicted molar refractivity (Wildman–Crippen MR) is 380 cm³/mol. The third kappa shape index (κ3) is 18.9. The monoisotopic (exact) mass is 1210 g/mol. The van der Waals surface area contributed by atoms with Gasteiger partial charge in [-0.3, -0.25) is 29.4 Å². The summed E-state index contributed by atoms with van der Waals surface area (Å²) in [7, 11) is 26.3. The van der Waals surface area contributed by atoms with Gasteiger partial charge in [-0.05, 0) is 145 Å². The molecule has 0 radical (unpaired) electrons. The lowest BCUT2D eigenvalue weighted by Crippen LogP contribution is -2.35.